The zero-order valence-corrected chi connectivity index (χ0v) is 13.7. The molecule has 1 atom stereocenters. The van der Waals surface area contributed by atoms with Gasteiger partial charge in [0.25, 0.3) is 0 Å². The van der Waals surface area contributed by atoms with Crippen LogP contribution in [-0.2, 0) is 17.4 Å². The molecule has 4 N–H and O–H groups in total. The van der Waals surface area contributed by atoms with E-state index in [-0.39, 0.29) is 5.95 Å². The minimum Gasteiger partial charge on any atom is -0.374 e. The van der Waals surface area contributed by atoms with Gasteiger partial charge in [0.2, 0.25) is 11.9 Å². The average molecular weight is 367 g/mol. The van der Waals surface area contributed by atoms with Crippen molar-refractivity contribution in [1.82, 2.24) is 9.97 Å². The van der Waals surface area contributed by atoms with Gasteiger partial charge in [-0.3, -0.25) is 4.79 Å². The van der Waals surface area contributed by atoms with Gasteiger partial charge in [0.1, 0.15) is 11.8 Å². The molecule has 2 aromatic rings. The molecule has 138 valence electrons. The van der Waals surface area contributed by atoms with Gasteiger partial charge in [0.05, 0.1) is 0 Å². The summed E-state index contributed by atoms with van der Waals surface area (Å²) in [6.07, 6.45) is -3.45. The first-order valence-electron chi connectivity index (χ1n) is 7.79. The Morgan fingerprint density at radius 1 is 1.38 bits per heavy atom. The number of hydrogen-bond acceptors (Lipinski definition) is 6. The second kappa shape index (κ2) is 6.79. The number of fused-ring (bicyclic) bond motifs is 1. The van der Waals surface area contributed by atoms with Crippen LogP contribution >= 0.6 is 0 Å². The molecular weight excluding hydrogens is 351 g/mol. The number of nitrogens with one attached hydrogen (secondary N) is 3. The number of halogens is 3. The van der Waals surface area contributed by atoms with E-state index in [1.165, 1.54) is 0 Å². The summed E-state index contributed by atoms with van der Waals surface area (Å²) in [6, 6.07) is 5.23. The Morgan fingerprint density at radius 3 is 2.85 bits per heavy atom. The zero-order chi connectivity index (χ0) is 18.9. The Balaban J connectivity index is 1.87. The summed E-state index contributed by atoms with van der Waals surface area (Å²) in [4.78, 5) is 18.6. The highest BCUT2D eigenvalue weighted by Gasteiger charge is 2.35. The predicted molar refractivity (Wildman–Crippen MR) is 89.0 cm³/mol. The van der Waals surface area contributed by atoms with E-state index in [1.807, 2.05) is 0 Å². The number of carbonyl (C=O) groups is 1. The first-order valence-corrected chi connectivity index (χ1v) is 7.79. The van der Waals surface area contributed by atoms with Crippen LogP contribution in [0.25, 0.3) is 0 Å². The molecule has 7 nitrogen and oxygen atoms in total. The predicted octanol–water partition coefficient (Wildman–Crippen LogP) is 2.87. The third-order valence-electron chi connectivity index (χ3n) is 3.76. The van der Waals surface area contributed by atoms with Crippen LogP contribution in [0.3, 0.4) is 0 Å². The Bertz CT molecular complexity index is 841. The van der Waals surface area contributed by atoms with Gasteiger partial charge in [0, 0.05) is 24.5 Å². The molecule has 1 aliphatic rings. The summed E-state index contributed by atoms with van der Waals surface area (Å²) in [7, 11) is 0. The van der Waals surface area contributed by atoms with Gasteiger partial charge < -0.3 is 21.1 Å². The summed E-state index contributed by atoms with van der Waals surface area (Å²) < 4.78 is 39.0. The lowest BCUT2D eigenvalue weighted by atomic mass is 10.0. The summed E-state index contributed by atoms with van der Waals surface area (Å²) in [5.74, 6) is -1.35. The molecule has 0 bridgehead atoms. The normalized spacial score (nSPS) is 16.4. The second-order valence-corrected chi connectivity index (χ2v) is 5.83. The Morgan fingerprint density at radius 2 is 2.15 bits per heavy atom. The fraction of sp³-hybridized carbons (Fsp3) is 0.312. The maximum atomic E-state index is 13.0. The minimum absolute atomic E-state index is 0.0782. The maximum absolute atomic E-state index is 13.0. The molecule has 0 aliphatic carbocycles. The molecule has 1 aromatic heterocycles. The molecule has 0 fully saturated rings. The quantitative estimate of drug-likeness (QED) is 0.666. The van der Waals surface area contributed by atoms with Crippen LogP contribution in [0.4, 0.5) is 36.3 Å². The van der Waals surface area contributed by atoms with E-state index < -0.39 is 29.7 Å². The first-order chi connectivity index (χ1) is 12.2. The van der Waals surface area contributed by atoms with Gasteiger partial charge in [-0.15, -0.1) is 0 Å². The third-order valence-corrected chi connectivity index (χ3v) is 3.76. The van der Waals surface area contributed by atoms with E-state index in [0.29, 0.717) is 24.7 Å². The summed E-state index contributed by atoms with van der Waals surface area (Å²) in [5.41, 5.74) is 1.20. The van der Waals surface area contributed by atoms with Crippen LogP contribution in [0, 0.1) is 0 Å². The molecular formula is C16H16F3N5O2. The molecule has 0 saturated heterocycles. The summed E-state index contributed by atoms with van der Waals surface area (Å²) in [6.45, 7) is 1.10. The highest BCUT2D eigenvalue weighted by atomic mass is 19.4. The molecule has 3 rings (SSSR count). The molecule has 1 aromatic carbocycles. The van der Waals surface area contributed by atoms with Crippen LogP contribution in [-0.4, -0.2) is 27.2 Å². The van der Waals surface area contributed by atoms with E-state index in [0.717, 1.165) is 18.2 Å². The average Bonchev–Trinajstić information content (AvgIpc) is 2.53. The van der Waals surface area contributed by atoms with Gasteiger partial charge in [-0.25, -0.2) is 4.98 Å². The monoisotopic (exact) mass is 367 g/mol. The molecule has 0 radical (unpaired) electrons. The molecule has 0 saturated carbocycles. The Labute approximate surface area is 146 Å². The molecule has 26 heavy (non-hydrogen) atoms. The van der Waals surface area contributed by atoms with E-state index in [2.05, 4.69) is 25.9 Å². The van der Waals surface area contributed by atoms with Crippen LogP contribution < -0.4 is 16.0 Å². The van der Waals surface area contributed by atoms with Crippen molar-refractivity contribution in [1.29, 1.82) is 0 Å². The number of aliphatic hydroxyl groups is 1. The van der Waals surface area contributed by atoms with E-state index in [9.17, 15) is 23.1 Å². The van der Waals surface area contributed by atoms with Crippen molar-refractivity contribution < 1.29 is 23.1 Å². The largest absolute Gasteiger partial charge is 0.421 e. The molecule has 2 heterocycles. The number of alkyl halides is 3. The number of aliphatic hydroxyl groups excluding tert-OH is 1. The molecule has 1 amide bonds. The van der Waals surface area contributed by atoms with Crippen molar-refractivity contribution >= 4 is 29.0 Å². The number of anilines is 4. The van der Waals surface area contributed by atoms with Crippen molar-refractivity contribution in [3.05, 3.63) is 35.5 Å². The summed E-state index contributed by atoms with van der Waals surface area (Å²) in [5, 5.41) is 17.4. The second-order valence-electron chi connectivity index (χ2n) is 5.83. The number of aromatic nitrogens is 2. The smallest absolute Gasteiger partial charge is 0.374 e. The standard InChI is InChI=1S/C16H16F3N5O2/c1-8(25)21-14-11(16(17,18)19)7-20-15(24-14)22-10-3-4-12-9(6-10)2-5-13(26)23-12/h3-4,6-7,13,23,26H,2,5H2,1H3,(H2,20,21,22,24,25). The van der Waals surface area contributed by atoms with Crippen molar-refractivity contribution in [3.63, 3.8) is 0 Å². The van der Waals surface area contributed by atoms with E-state index >= 15 is 0 Å². The lowest BCUT2D eigenvalue weighted by Gasteiger charge is -2.23. The van der Waals surface area contributed by atoms with Crippen LogP contribution in [0.2, 0.25) is 0 Å². The van der Waals surface area contributed by atoms with Gasteiger partial charge >= 0.3 is 6.18 Å². The fourth-order valence-electron chi connectivity index (χ4n) is 2.60. The highest BCUT2D eigenvalue weighted by Crippen LogP contribution is 2.34. The van der Waals surface area contributed by atoms with Gasteiger partial charge in [-0.2, -0.15) is 18.2 Å². The number of hydrogen-bond donors (Lipinski definition) is 4. The number of nitrogens with zero attached hydrogens (tertiary/aromatic N) is 2. The fourth-order valence-corrected chi connectivity index (χ4v) is 2.60. The molecule has 0 spiro atoms. The number of benzene rings is 1. The molecule has 1 aliphatic heterocycles. The number of aryl methyl sites for hydroxylation is 1. The summed E-state index contributed by atoms with van der Waals surface area (Å²) >= 11 is 0. The van der Waals surface area contributed by atoms with Gasteiger partial charge in [-0.05, 0) is 36.6 Å². The topological polar surface area (TPSA) is 99.2 Å². The van der Waals surface area contributed by atoms with E-state index in [1.54, 1.807) is 18.2 Å². The highest BCUT2D eigenvalue weighted by molar-refractivity contribution is 5.88. The van der Waals surface area contributed by atoms with Gasteiger partial charge in [0.15, 0.2) is 5.82 Å². The lowest BCUT2D eigenvalue weighted by Crippen LogP contribution is -2.24. The molecule has 10 heteroatoms. The van der Waals surface area contributed by atoms with Crippen LogP contribution in [0.5, 0.6) is 0 Å². The number of carbonyl (C=O) groups excluding carboxylic acids is 1. The Kier molecular flexibility index (Phi) is 4.68. The zero-order valence-electron chi connectivity index (χ0n) is 13.7. The van der Waals surface area contributed by atoms with Crippen molar-refractivity contribution in [2.75, 3.05) is 16.0 Å². The van der Waals surface area contributed by atoms with Crippen LogP contribution in [0.1, 0.15) is 24.5 Å². The maximum Gasteiger partial charge on any atom is 0.421 e. The van der Waals surface area contributed by atoms with Crippen molar-refractivity contribution in [2.45, 2.75) is 32.2 Å². The van der Waals surface area contributed by atoms with Gasteiger partial charge in [-0.1, -0.05) is 0 Å². The van der Waals surface area contributed by atoms with Crippen molar-refractivity contribution in [3.8, 4) is 0 Å². The lowest BCUT2D eigenvalue weighted by molar-refractivity contribution is -0.137. The van der Waals surface area contributed by atoms with Crippen LogP contribution in [0.15, 0.2) is 24.4 Å². The Hall–Kier alpha value is -2.88. The first kappa shape index (κ1) is 17.9. The van der Waals surface area contributed by atoms with E-state index in [4.69, 9.17) is 0 Å². The third kappa shape index (κ3) is 4.02. The number of amides is 1. The number of rotatable bonds is 3. The SMILES string of the molecule is CC(=O)Nc1nc(Nc2ccc3c(c2)CCC(O)N3)ncc1C(F)(F)F. The van der Waals surface area contributed by atoms with Crippen molar-refractivity contribution in [2.24, 2.45) is 0 Å². The minimum atomic E-state index is -4.69. The molecule has 1 unspecified atom stereocenters.